The second kappa shape index (κ2) is 15.3. The summed E-state index contributed by atoms with van der Waals surface area (Å²) < 4.78 is 64.1. The average molecular weight is 762 g/mol. The number of rotatable bonds is 10. The van der Waals surface area contributed by atoms with Gasteiger partial charge in [-0.15, -0.1) is 11.3 Å². The topological polar surface area (TPSA) is 105 Å². The molecule has 5 rings (SSSR count). The second-order valence-corrected chi connectivity index (χ2v) is 17.4. The van der Waals surface area contributed by atoms with E-state index in [0.29, 0.717) is 42.7 Å². The molecule has 4 aromatic rings. The highest BCUT2D eigenvalue weighted by atomic mass is 35.5. The van der Waals surface area contributed by atoms with Crippen LogP contribution in [0.25, 0.3) is 21.2 Å². The average Bonchev–Trinajstić information content (AvgIpc) is 3.44. The van der Waals surface area contributed by atoms with E-state index >= 15 is 0 Å². The first-order valence-corrected chi connectivity index (χ1v) is 19.7. The van der Waals surface area contributed by atoms with Crippen molar-refractivity contribution in [1.82, 2.24) is 9.80 Å². The number of nitrogens with zero attached hydrogens (tertiary/aromatic N) is 2. The van der Waals surface area contributed by atoms with E-state index in [1.54, 1.807) is 36.1 Å². The summed E-state index contributed by atoms with van der Waals surface area (Å²) in [5.41, 5.74) is 2.39. The number of hydrogen-bond acceptors (Lipinski definition) is 8. The normalized spacial score (nSPS) is 16.5. The molecule has 1 fully saturated rings. The van der Waals surface area contributed by atoms with Crippen LogP contribution in [-0.2, 0) is 21.1 Å². The van der Waals surface area contributed by atoms with Gasteiger partial charge >= 0.3 is 6.09 Å². The third-order valence-corrected chi connectivity index (χ3v) is 11.2. The van der Waals surface area contributed by atoms with Gasteiger partial charge in [0, 0.05) is 43.2 Å². The van der Waals surface area contributed by atoms with E-state index in [-0.39, 0.29) is 44.5 Å². The molecule has 0 spiro atoms. The van der Waals surface area contributed by atoms with Crippen molar-refractivity contribution in [2.24, 2.45) is 0 Å². The highest BCUT2D eigenvalue weighted by Crippen LogP contribution is 2.41. The summed E-state index contributed by atoms with van der Waals surface area (Å²) in [5, 5.41) is 2.64. The summed E-state index contributed by atoms with van der Waals surface area (Å²) in [5.74, 6) is -1.48. The minimum absolute atomic E-state index is 0.0277. The lowest BCUT2D eigenvalue weighted by atomic mass is 9.89. The van der Waals surface area contributed by atoms with Crippen LogP contribution in [0.3, 0.4) is 0 Å². The molecule has 3 aromatic carbocycles. The molecular weight excluding hydrogens is 720 g/mol. The molecule has 0 atom stereocenters. The van der Waals surface area contributed by atoms with Crippen molar-refractivity contribution in [3.05, 3.63) is 81.7 Å². The van der Waals surface area contributed by atoms with Crippen LogP contribution in [0.5, 0.6) is 5.75 Å². The van der Waals surface area contributed by atoms with E-state index < -0.39 is 39.1 Å². The lowest BCUT2D eigenvalue weighted by molar-refractivity contribution is 0.0144. The van der Waals surface area contributed by atoms with Gasteiger partial charge in [0.2, 0.25) is 0 Å². The van der Waals surface area contributed by atoms with Gasteiger partial charge in [0.15, 0.2) is 9.84 Å². The fourth-order valence-electron chi connectivity index (χ4n) is 6.23. The Labute approximate surface area is 306 Å². The van der Waals surface area contributed by atoms with Gasteiger partial charge in [-0.05, 0) is 94.0 Å². The van der Waals surface area contributed by atoms with E-state index in [0.717, 1.165) is 40.9 Å². The van der Waals surface area contributed by atoms with Crippen LogP contribution >= 0.6 is 22.9 Å². The molecule has 2 amide bonds. The summed E-state index contributed by atoms with van der Waals surface area (Å²) in [4.78, 5) is 30.7. The third-order valence-electron chi connectivity index (χ3n) is 8.85. The first-order valence-electron chi connectivity index (χ1n) is 16.5. The number of fused-ring (bicyclic) bond motifs is 1. The Kier molecular flexibility index (Phi) is 11.5. The van der Waals surface area contributed by atoms with Crippen LogP contribution in [-0.4, -0.2) is 74.2 Å². The van der Waals surface area contributed by atoms with Crippen molar-refractivity contribution in [2.75, 3.05) is 31.6 Å². The van der Waals surface area contributed by atoms with Crippen LogP contribution in [0.2, 0.25) is 5.02 Å². The van der Waals surface area contributed by atoms with Gasteiger partial charge in [0.05, 0.1) is 22.2 Å². The van der Waals surface area contributed by atoms with E-state index in [4.69, 9.17) is 21.1 Å². The minimum atomic E-state index is -3.20. The summed E-state index contributed by atoms with van der Waals surface area (Å²) in [6.07, 6.45) is 3.05. The summed E-state index contributed by atoms with van der Waals surface area (Å²) in [7, 11) is 0.0519. The fraction of sp³-hybridized carbons (Fsp3) is 0.405. The van der Waals surface area contributed by atoms with Crippen molar-refractivity contribution in [3.63, 3.8) is 0 Å². The molecule has 1 aliphatic rings. The maximum Gasteiger partial charge on any atom is 0.410 e. The third kappa shape index (κ3) is 9.11. The van der Waals surface area contributed by atoms with E-state index in [1.165, 1.54) is 0 Å². The van der Waals surface area contributed by atoms with Gasteiger partial charge in [0.25, 0.3) is 5.91 Å². The number of sulfone groups is 1. The van der Waals surface area contributed by atoms with Crippen molar-refractivity contribution in [3.8, 4) is 16.9 Å². The zero-order valence-corrected chi connectivity index (χ0v) is 31.8. The van der Waals surface area contributed by atoms with E-state index in [1.807, 2.05) is 51.1 Å². The number of thiophene rings is 1. The minimum Gasteiger partial charge on any atom is -0.496 e. The molecular formula is C37H42ClF2N3O6S2. The highest BCUT2D eigenvalue weighted by Gasteiger charge is 2.35. The molecule has 14 heteroatoms. The van der Waals surface area contributed by atoms with E-state index in [9.17, 15) is 26.8 Å². The predicted octanol–water partition coefficient (Wildman–Crippen LogP) is 8.74. The van der Waals surface area contributed by atoms with Crippen LogP contribution in [0.15, 0.2) is 54.6 Å². The molecule has 0 aliphatic heterocycles. The SMILES string of the molecule is COc1ccc(-c2ccc(NCS(C)(=O)=O)cc2)cc1CN(C(=O)c1sc2c(F)ccc(F)c2c1Cl)C1CCC(N(C)C(=O)OC(C)(C)C)CC1. The number of nitrogens with one attached hydrogen (secondary N) is 1. The molecule has 1 heterocycles. The zero-order valence-electron chi connectivity index (χ0n) is 29.4. The largest absolute Gasteiger partial charge is 0.496 e. The van der Waals surface area contributed by atoms with Crippen LogP contribution in [0.4, 0.5) is 19.3 Å². The number of carbonyl (C=O) groups is 2. The van der Waals surface area contributed by atoms with Crippen molar-refractivity contribution in [2.45, 2.75) is 70.7 Å². The smallest absolute Gasteiger partial charge is 0.410 e. The number of ether oxygens (including phenoxy) is 2. The number of carbonyl (C=O) groups excluding carboxylic acids is 2. The monoisotopic (exact) mass is 761 g/mol. The number of methoxy groups -OCH3 is 1. The molecule has 1 saturated carbocycles. The van der Waals surface area contributed by atoms with Crippen molar-refractivity contribution >= 4 is 60.5 Å². The van der Waals surface area contributed by atoms with Gasteiger partial charge in [0.1, 0.15) is 33.7 Å². The molecule has 51 heavy (non-hydrogen) atoms. The maximum absolute atomic E-state index is 14.9. The summed E-state index contributed by atoms with van der Waals surface area (Å²) >= 11 is 7.45. The first-order chi connectivity index (χ1) is 24.0. The fourth-order valence-corrected chi connectivity index (χ4v) is 8.17. The van der Waals surface area contributed by atoms with Crippen LogP contribution in [0.1, 0.15) is 61.7 Å². The summed E-state index contributed by atoms with van der Waals surface area (Å²) in [6, 6.07) is 14.5. The van der Waals surface area contributed by atoms with Gasteiger partial charge in [-0.25, -0.2) is 22.0 Å². The second-order valence-electron chi connectivity index (χ2n) is 13.8. The molecule has 0 unspecified atom stereocenters. The Morgan fingerprint density at radius 2 is 1.57 bits per heavy atom. The molecule has 1 aromatic heterocycles. The number of halogens is 3. The number of hydrogen-bond donors (Lipinski definition) is 1. The quantitative estimate of drug-likeness (QED) is 0.172. The molecule has 1 N–H and O–H groups in total. The lowest BCUT2D eigenvalue weighted by Crippen LogP contribution is -2.47. The molecule has 0 bridgehead atoms. The predicted molar refractivity (Wildman–Crippen MR) is 198 cm³/mol. The lowest BCUT2D eigenvalue weighted by Gasteiger charge is -2.40. The standard InChI is InChI=1S/C37H42ClF2N3O6S2/c1-37(2,3)49-36(45)42(4)26-12-14-27(15-13-26)43(35(44)34-32(38)31-28(39)16-17-29(40)33(31)50-34)20-24-19-23(9-18-30(24)48-5)22-7-10-25(11-8-22)41-21-51(6,46)47/h7-11,16-19,26-27,41H,12-15,20-21H2,1-6H3. The maximum atomic E-state index is 14.9. The Balaban J connectivity index is 1.47. The molecule has 1 aliphatic carbocycles. The van der Waals surface area contributed by atoms with Gasteiger partial charge < -0.3 is 24.6 Å². The number of amides is 2. The Bertz CT molecular complexity index is 2020. The van der Waals surface area contributed by atoms with Gasteiger partial charge in [-0.3, -0.25) is 4.79 Å². The first kappa shape index (κ1) is 38.3. The van der Waals surface area contributed by atoms with Crippen LogP contribution in [0, 0.1) is 11.6 Å². The van der Waals surface area contributed by atoms with Crippen molar-refractivity contribution in [1.29, 1.82) is 0 Å². The molecule has 0 radical (unpaired) electrons. The van der Waals surface area contributed by atoms with Gasteiger partial charge in [-0.2, -0.15) is 0 Å². The Morgan fingerprint density at radius 3 is 2.16 bits per heavy atom. The van der Waals surface area contributed by atoms with Crippen molar-refractivity contribution < 1.29 is 36.3 Å². The molecule has 9 nitrogen and oxygen atoms in total. The van der Waals surface area contributed by atoms with E-state index in [2.05, 4.69) is 5.32 Å². The van der Waals surface area contributed by atoms with Crippen LogP contribution < -0.4 is 10.1 Å². The zero-order chi connectivity index (χ0) is 37.2. The summed E-state index contributed by atoms with van der Waals surface area (Å²) in [6.45, 7) is 5.55. The number of benzene rings is 3. The molecule has 0 saturated heterocycles. The number of anilines is 1. The van der Waals surface area contributed by atoms with Gasteiger partial charge in [-0.1, -0.05) is 29.8 Å². The highest BCUT2D eigenvalue weighted by molar-refractivity contribution is 7.90. The Hall–Kier alpha value is -3.94. The molecule has 274 valence electrons. The Morgan fingerprint density at radius 1 is 0.961 bits per heavy atom.